The first-order valence-electron chi connectivity index (χ1n) is 10.7. The van der Waals surface area contributed by atoms with Gasteiger partial charge in [-0.2, -0.15) is 0 Å². The van der Waals surface area contributed by atoms with E-state index in [0.29, 0.717) is 11.0 Å². The van der Waals surface area contributed by atoms with Crippen LogP contribution >= 0.6 is 11.9 Å². The molecule has 31 heavy (non-hydrogen) atoms. The van der Waals surface area contributed by atoms with Gasteiger partial charge in [-0.25, -0.2) is 0 Å². The Labute approximate surface area is 185 Å². The lowest BCUT2D eigenvalue weighted by Crippen LogP contribution is -2.28. The molecule has 1 aliphatic heterocycles. The standard InChI is InChI=1S/C23H27F3N2O2S/c24-23(25,26)30-21-6-3-7-22(14-21)31-27-18-12-13-28(16-18)15-17-8-10-20(11-9-17)29-19-4-1-2-5-19/h3,6-11,14,18-19,27H,1-2,4-5,12-13,15-16H2. The molecule has 1 saturated heterocycles. The Kier molecular flexibility index (Phi) is 7.30. The number of ether oxygens (including phenoxy) is 2. The van der Waals surface area contributed by atoms with Crippen LogP contribution in [0.2, 0.25) is 0 Å². The van der Waals surface area contributed by atoms with Gasteiger partial charge in [0.15, 0.2) is 0 Å². The molecular weight excluding hydrogens is 425 g/mol. The van der Waals surface area contributed by atoms with Crippen molar-refractivity contribution >= 4 is 11.9 Å². The zero-order chi connectivity index (χ0) is 21.7. The van der Waals surface area contributed by atoms with Crippen LogP contribution in [0.1, 0.15) is 37.7 Å². The van der Waals surface area contributed by atoms with E-state index in [1.807, 2.05) is 0 Å². The fraction of sp³-hybridized carbons (Fsp3) is 0.478. The summed E-state index contributed by atoms with van der Waals surface area (Å²) in [6.07, 6.45) is 1.52. The topological polar surface area (TPSA) is 33.7 Å². The Morgan fingerprint density at radius 3 is 2.52 bits per heavy atom. The number of nitrogens with one attached hydrogen (secondary N) is 1. The molecule has 168 valence electrons. The lowest BCUT2D eigenvalue weighted by molar-refractivity contribution is -0.274. The minimum Gasteiger partial charge on any atom is -0.490 e. The number of halogens is 3. The summed E-state index contributed by atoms with van der Waals surface area (Å²) in [4.78, 5) is 3.08. The zero-order valence-corrected chi connectivity index (χ0v) is 18.1. The smallest absolute Gasteiger partial charge is 0.490 e. The lowest BCUT2D eigenvalue weighted by atomic mass is 10.2. The number of likely N-dealkylation sites (tertiary alicyclic amines) is 1. The van der Waals surface area contributed by atoms with Gasteiger partial charge < -0.3 is 9.47 Å². The maximum absolute atomic E-state index is 12.4. The van der Waals surface area contributed by atoms with E-state index in [0.717, 1.165) is 44.6 Å². The van der Waals surface area contributed by atoms with Crippen molar-refractivity contribution < 1.29 is 22.6 Å². The fourth-order valence-corrected chi connectivity index (χ4v) is 4.91. The summed E-state index contributed by atoms with van der Waals surface area (Å²) in [5.41, 5.74) is 1.25. The van der Waals surface area contributed by atoms with Crippen molar-refractivity contribution in [1.29, 1.82) is 0 Å². The van der Waals surface area contributed by atoms with E-state index >= 15 is 0 Å². The van der Waals surface area contributed by atoms with Crippen LogP contribution in [0.25, 0.3) is 0 Å². The first kappa shape index (κ1) is 22.3. The first-order chi connectivity index (χ1) is 14.9. The first-order valence-corrected chi connectivity index (χ1v) is 11.5. The van der Waals surface area contributed by atoms with Crippen LogP contribution in [-0.4, -0.2) is 36.5 Å². The number of hydrogen-bond donors (Lipinski definition) is 1. The Balaban J connectivity index is 1.21. The van der Waals surface area contributed by atoms with Crippen molar-refractivity contribution in [2.45, 2.75) is 62.1 Å². The van der Waals surface area contributed by atoms with Crippen molar-refractivity contribution in [2.75, 3.05) is 13.1 Å². The van der Waals surface area contributed by atoms with Crippen molar-refractivity contribution in [3.8, 4) is 11.5 Å². The second-order valence-electron chi connectivity index (χ2n) is 8.13. The number of hydrogen-bond acceptors (Lipinski definition) is 5. The van der Waals surface area contributed by atoms with Crippen LogP contribution in [-0.2, 0) is 6.54 Å². The van der Waals surface area contributed by atoms with E-state index < -0.39 is 6.36 Å². The van der Waals surface area contributed by atoms with Gasteiger partial charge in [0.1, 0.15) is 11.5 Å². The number of benzene rings is 2. The number of rotatable bonds is 8. The fourth-order valence-electron chi connectivity index (χ4n) is 4.09. The third-order valence-electron chi connectivity index (χ3n) is 5.59. The number of nitrogens with zero attached hydrogens (tertiary/aromatic N) is 1. The predicted octanol–water partition coefficient (Wildman–Crippen LogP) is 5.78. The molecule has 0 spiro atoms. The summed E-state index contributed by atoms with van der Waals surface area (Å²) >= 11 is 1.34. The molecule has 0 bridgehead atoms. The van der Waals surface area contributed by atoms with Gasteiger partial charge in [0, 0.05) is 30.6 Å². The molecule has 0 amide bonds. The molecule has 0 aromatic heterocycles. The maximum atomic E-state index is 12.4. The third-order valence-corrected chi connectivity index (χ3v) is 6.53. The summed E-state index contributed by atoms with van der Waals surface area (Å²) in [6.45, 7) is 2.75. The van der Waals surface area contributed by atoms with Gasteiger partial charge in [0.25, 0.3) is 0 Å². The van der Waals surface area contributed by atoms with Gasteiger partial charge in [-0.15, -0.1) is 13.2 Å². The van der Waals surface area contributed by atoms with E-state index in [9.17, 15) is 13.2 Å². The minimum absolute atomic E-state index is 0.201. The highest BCUT2D eigenvalue weighted by atomic mass is 32.2. The molecule has 1 saturated carbocycles. The molecule has 2 fully saturated rings. The molecular formula is C23H27F3N2O2S. The van der Waals surface area contributed by atoms with Crippen molar-refractivity contribution in [3.05, 3.63) is 54.1 Å². The largest absolute Gasteiger partial charge is 0.573 e. The SMILES string of the molecule is FC(F)(F)Oc1cccc(SNC2CCN(Cc3ccc(OC4CCCC4)cc3)C2)c1. The summed E-state index contributed by atoms with van der Waals surface area (Å²) < 4.78 is 50.5. The van der Waals surface area contributed by atoms with E-state index in [2.05, 4.69) is 38.6 Å². The van der Waals surface area contributed by atoms with Gasteiger partial charge in [0.05, 0.1) is 6.10 Å². The molecule has 2 aromatic carbocycles. The molecule has 2 aliphatic rings. The monoisotopic (exact) mass is 452 g/mol. The average Bonchev–Trinajstić information content (AvgIpc) is 3.39. The maximum Gasteiger partial charge on any atom is 0.573 e. The van der Waals surface area contributed by atoms with Crippen molar-refractivity contribution in [1.82, 2.24) is 9.62 Å². The number of alkyl halides is 3. The van der Waals surface area contributed by atoms with Gasteiger partial charge in [-0.05, 0) is 79.9 Å². The van der Waals surface area contributed by atoms with Gasteiger partial charge in [-0.1, -0.05) is 18.2 Å². The lowest BCUT2D eigenvalue weighted by Gasteiger charge is -2.17. The zero-order valence-electron chi connectivity index (χ0n) is 17.2. The highest BCUT2D eigenvalue weighted by Gasteiger charge is 2.31. The summed E-state index contributed by atoms with van der Waals surface area (Å²) in [6, 6.07) is 14.7. The summed E-state index contributed by atoms with van der Waals surface area (Å²) in [7, 11) is 0. The van der Waals surface area contributed by atoms with Crippen LogP contribution in [0, 0.1) is 0 Å². The van der Waals surface area contributed by atoms with E-state index in [1.165, 1.54) is 42.5 Å². The summed E-state index contributed by atoms with van der Waals surface area (Å²) in [5, 5.41) is 0. The highest BCUT2D eigenvalue weighted by molar-refractivity contribution is 7.97. The molecule has 1 heterocycles. The normalized spacial score (nSPS) is 20.3. The third kappa shape index (κ3) is 7.05. The highest BCUT2D eigenvalue weighted by Crippen LogP contribution is 2.28. The van der Waals surface area contributed by atoms with E-state index in [4.69, 9.17) is 4.74 Å². The van der Waals surface area contributed by atoms with Crippen LogP contribution < -0.4 is 14.2 Å². The minimum atomic E-state index is -4.68. The van der Waals surface area contributed by atoms with Crippen LogP contribution in [0.15, 0.2) is 53.4 Å². The molecule has 1 unspecified atom stereocenters. The Morgan fingerprint density at radius 1 is 1.00 bits per heavy atom. The van der Waals surface area contributed by atoms with Gasteiger partial charge in [-0.3, -0.25) is 9.62 Å². The molecule has 1 aliphatic carbocycles. The van der Waals surface area contributed by atoms with E-state index in [1.54, 1.807) is 12.1 Å². The molecule has 8 heteroatoms. The van der Waals surface area contributed by atoms with Crippen LogP contribution in [0.5, 0.6) is 11.5 Å². The van der Waals surface area contributed by atoms with Crippen molar-refractivity contribution in [3.63, 3.8) is 0 Å². The Bertz CT molecular complexity index is 841. The molecule has 4 rings (SSSR count). The van der Waals surface area contributed by atoms with Crippen LogP contribution in [0.3, 0.4) is 0 Å². The average molecular weight is 453 g/mol. The van der Waals surface area contributed by atoms with Crippen LogP contribution in [0.4, 0.5) is 13.2 Å². The Hall–Kier alpha value is -1.90. The van der Waals surface area contributed by atoms with Crippen molar-refractivity contribution in [2.24, 2.45) is 0 Å². The Morgan fingerprint density at radius 2 is 1.77 bits per heavy atom. The molecule has 2 aromatic rings. The summed E-state index contributed by atoms with van der Waals surface area (Å²) in [5.74, 6) is 0.748. The predicted molar refractivity (Wildman–Crippen MR) is 115 cm³/mol. The molecule has 4 nitrogen and oxygen atoms in total. The second-order valence-corrected chi connectivity index (χ2v) is 9.04. The molecule has 1 N–H and O–H groups in total. The quantitative estimate of drug-likeness (QED) is 0.514. The molecule has 1 atom stereocenters. The second kappa shape index (κ2) is 10.1. The van der Waals surface area contributed by atoms with E-state index in [-0.39, 0.29) is 11.8 Å². The van der Waals surface area contributed by atoms with Gasteiger partial charge in [0.2, 0.25) is 0 Å². The molecule has 0 radical (unpaired) electrons. The van der Waals surface area contributed by atoms with Gasteiger partial charge >= 0.3 is 6.36 Å².